The van der Waals surface area contributed by atoms with Gasteiger partial charge in [-0.05, 0) is 37.8 Å². The first-order valence-electron chi connectivity index (χ1n) is 9.88. The second-order valence-corrected chi connectivity index (χ2v) is 7.70. The number of carboxylic acid groups (broad SMARTS) is 1. The van der Waals surface area contributed by atoms with Crippen molar-refractivity contribution in [3.05, 3.63) is 29.8 Å². The van der Waals surface area contributed by atoms with Gasteiger partial charge in [-0.15, -0.1) is 0 Å². The van der Waals surface area contributed by atoms with Crippen molar-refractivity contribution in [2.45, 2.75) is 51.2 Å². The molecule has 28 heavy (non-hydrogen) atoms. The summed E-state index contributed by atoms with van der Waals surface area (Å²) < 4.78 is 4.87. The summed E-state index contributed by atoms with van der Waals surface area (Å²) in [4.78, 5) is 39.1. The number of nitrogens with zero attached hydrogens (tertiary/aromatic N) is 1. The Labute approximate surface area is 165 Å². The predicted molar refractivity (Wildman–Crippen MR) is 104 cm³/mol. The van der Waals surface area contributed by atoms with E-state index >= 15 is 0 Å². The van der Waals surface area contributed by atoms with Crippen molar-refractivity contribution >= 4 is 23.5 Å². The van der Waals surface area contributed by atoms with Crippen LogP contribution in [0.25, 0.3) is 0 Å². The molecule has 1 aromatic carbocycles. The average Bonchev–Trinajstić information content (AvgIpc) is 3.03. The molecule has 7 nitrogen and oxygen atoms in total. The summed E-state index contributed by atoms with van der Waals surface area (Å²) in [6.45, 7) is 1.93. The maximum atomic E-state index is 13.4. The van der Waals surface area contributed by atoms with Crippen LogP contribution in [0.15, 0.2) is 24.3 Å². The molecule has 4 unspecified atom stereocenters. The Hall–Kier alpha value is -2.41. The molecule has 0 radical (unpaired) electrons. The normalized spacial score (nSPS) is 25.1. The standard InChI is InChI=1S/C21H28N2O5/c1-13-11-14-7-3-6-10-17(14)23(13)20(25)16-9-5-4-8-15(16)19(24)22-12-18(28-2)21(26)27/h3,6-7,10,13,15-16,18H,4-5,8-9,11-12H2,1-2H3,(H,22,24)(H,26,27). The Kier molecular flexibility index (Phi) is 6.34. The van der Waals surface area contributed by atoms with E-state index in [0.717, 1.165) is 30.5 Å². The molecule has 0 aromatic heterocycles. The number of aliphatic carboxylic acids is 1. The summed E-state index contributed by atoms with van der Waals surface area (Å²) in [5, 5.41) is 11.7. The van der Waals surface area contributed by atoms with E-state index in [-0.39, 0.29) is 30.3 Å². The lowest BCUT2D eigenvalue weighted by Crippen LogP contribution is -2.48. The van der Waals surface area contributed by atoms with Crippen molar-refractivity contribution in [3.63, 3.8) is 0 Å². The lowest BCUT2D eigenvalue weighted by molar-refractivity contribution is -0.148. The second kappa shape index (κ2) is 8.73. The van der Waals surface area contributed by atoms with Gasteiger partial charge in [-0.2, -0.15) is 0 Å². The number of benzene rings is 1. The minimum Gasteiger partial charge on any atom is -0.479 e. The molecule has 4 atom stereocenters. The summed E-state index contributed by atoms with van der Waals surface area (Å²) in [5.41, 5.74) is 2.10. The van der Waals surface area contributed by atoms with E-state index in [1.54, 1.807) is 0 Å². The van der Waals surface area contributed by atoms with Gasteiger partial charge in [-0.1, -0.05) is 31.0 Å². The van der Waals surface area contributed by atoms with Gasteiger partial charge in [0.25, 0.3) is 0 Å². The third-order valence-corrected chi connectivity index (χ3v) is 5.89. The van der Waals surface area contributed by atoms with Crippen molar-refractivity contribution in [3.8, 4) is 0 Å². The number of rotatable bonds is 6. The number of anilines is 1. The lowest BCUT2D eigenvalue weighted by Gasteiger charge is -2.34. The van der Waals surface area contributed by atoms with Gasteiger partial charge < -0.3 is 20.1 Å². The van der Waals surface area contributed by atoms with Crippen LogP contribution in [0, 0.1) is 11.8 Å². The number of carboxylic acids is 1. The van der Waals surface area contributed by atoms with Crippen LogP contribution in [-0.2, 0) is 25.5 Å². The Bertz CT molecular complexity index is 750. The van der Waals surface area contributed by atoms with Gasteiger partial charge in [0, 0.05) is 24.8 Å². The van der Waals surface area contributed by atoms with E-state index in [1.165, 1.54) is 7.11 Å². The molecule has 152 valence electrons. The first kappa shape index (κ1) is 20.3. The summed E-state index contributed by atoms with van der Waals surface area (Å²) in [5.74, 6) is -2.21. The van der Waals surface area contributed by atoms with Crippen molar-refractivity contribution in [1.29, 1.82) is 0 Å². The zero-order valence-electron chi connectivity index (χ0n) is 16.4. The quantitative estimate of drug-likeness (QED) is 0.777. The number of amides is 2. The van der Waals surface area contributed by atoms with Crippen molar-refractivity contribution in [2.24, 2.45) is 11.8 Å². The van der Waals surface area contributed by atoms with E-state index in [0.29, 0.717) is 12.8 Å². The van der Waals surface area contributed by atoms with Gasteiger partial charge in [-0.25, -0.2) is 4.79 Å². The van der Waals surface area contributed by atoms with Crippen molar-refractivity contribution in [1.82, 2.24) is 5.32 Å². The molecule has 1 aliphatic carbocycles. The Balaban J connectivity index is 1.73. The second-order valence-electron chi connectivity index (χ2n) is 7.70. The Morgan fingerprint density at radius 2 is 1.89 bits per heavy atom. The van der Waals surface area contributed by atoms with Gasteiger partial charge in [0.2, 0.25) is 11.8 Å². The SMILES string of the molecule is COC(CNC(=O)C1CCCCC1C(=O)N1c2ccccc2CC1C)C(=O)O. The maximum absolute atomic E-state index is 13.4. The third-order valence-electron chi connectivity index (χ3n) is 5.89. The first-order valence-corrected chi connectivity index (χ1v) is 9.88. The molecule has 2 amide bonds. The van der Waals surface area contributed by atoms with Crippen LogP contribution < -0.4 is 10.2 Å². The van der Waals surface area contributed by atoms with Crippen molar-refractivity contribution < 1.29 is 24.2 Å². The highest BCUT2D eigenvalue weighted by Gasteiger charge is 2.41. The zero-order chi connectivity index (χ0) is 20.3. The minimum absolute atomic E-state index is 0.00109. The number of carbonyl (C=O) groups is 3. The minimum atomic E-state index is -1.12. The van der Waals surface area contributed by atoms with Crippen LogP contribution in [0.5, 0.6) is 0 Å². The largest absolute Gasteiger partial charge is 0.479 e. The fraction of sp³-hybridized carbons (Fsp3) is 0.571. The van der Waals surface area contributed by atoms with E-state index in [9.17, 15) is 14.4 Å². The summed E-state index contributed by atoms with van der Waals surface area (Å²) in [7, 11) is 1.30. The monoisotopic (exact) mass is 388 g/mol. The fourth-order valence-electron chi connectivity index (χ4n) is 4.42. The van der Waals surface area contributed by atoms with E-state index in [4.69, 9.17) is 9.84 Å². The van der Waals surface area contributed by atoms with Crippen LogP contribution in [0.1, 0.15) is 38.2 Å². The van der Waals surface area contributed by atoms with Crippen LogP contribution in [-0.4, -0.2) is 48.7 Å². The number of methoxy groups -OCH3 is 1. The number of fused-ring (bicyclic) bond motifs is 1. The number of carbonyl (C=O) groups excluding carboxylic acids is 2. The molecule has 0 saturated heterocycles. The van der Waals surface area contributed by atoms with E-state index in [2.05, 4.69) is 5.32 Å². The number of para-hydroxylation sites is 1. The Morgan fingerprint density at radius 1 is 1.21 bits per heavy atom. The van der Waals surface area contributed by atoms with Gasteiger partial charge in [0.1, 0.15) is 0 Å². The number of nitrogens with one attached hydrogen (secondary N) is 1. The molecule has 1 aromatic rings. The number of hydrogen-bond acceptors (Lipinski definition) is 4. The smallest absolute Gasteiger partial charge is 0.334 e. The summed E-state index contributed by atoms with van der Waals surface area (Å²) in [6.07, 6.45) is 2.85. The first-order chi connectivity index (χ1) is 13.4. The molecule has 1 fully saturated rings. The number of hydrogen-bond donors (Lipinski definition) is 2. The molecule has 0 bridgehead atoms. The molecular formula is C21H28N2O5. The zero-order valence-corrected chi connectivity index (χ0v) is 16.4. The third kappa shape index (κ3) is 4.04. The molecule has 7 heteroatoms. The predicted octanol–water partition coefficient (Wildman–Crippen LogP) is 1.99. The summed E-state index contributed by atoms with van der Waals surface area (Å²) in [6, 6.07) is 7.98. The topological polar surface area (TPSA) is 95.9 Å². The highest BCUT2D eigenvalue weighted by Crippen LogP contribution is 2.38. The molecule has 0 spiro atoms. The fourth-order valence-corrected chi connectivity index (χ4v) is 4.42. The molecule has 3 rings (SSSR count). The Morgan fingerprint density at radius 3 is 2.57 bits per heavy atom. The van der Waals surface area contributed by atoms with E-state index in [1.807, 2.05) is 36.1 Å². The molecule has 1 heterocycles. The molecule has 2 aliphatic rings. The van der Waals surface area contributed by atoms with Crippen LogP contribution in [0.3, 0.4) is 0 Å². The maximum Gasteiger partial charge on any atom is 0.334 e. The van der Waals surface area contributed by atoms with Gasteiger partial charge in [0.15, 0.2) is 6.10 Å². The average molecular weight is 388 g/mol. The van der Waals surface area contributed by atoms with Crippen LogP contribution in [0.2, 0.25) is 0 Å². The van der Waals surface area contributed by atoms with Crippen LogP contribution >= 0.6 is 0 Å². The van der Waals surface area contributed by atoms with Gasteiger partial charge >= 0.3 is 5.97 Å². The van der Waals surface area contributed by atoms with E-state index < -0.39 is 18.0 Å². The molecular weight excluding hydrogens is 360 g/mol. The van der Waals surface area contributed by atoms with Gasteiger partial charge in [0.05, 0.1) is 12.5 Å². The number of ether oxygens (including phenoxy) is 1. The summed E-state index contributed by atoms with van der Waals surface area (Å²) >= 11 is 0. The molecule has 2 N–H and O–H groups in total. The van der Waals surface area contributed by atoms with Gasteiger partial charge in [-0.3, -0.25) is 9.59 Å². The molecule has 1 saturated carbocycles. The highest BCUT2D eigenvalue weighted by atomic mass is 16.5. The molecule has 1 aliphatic heterocycles. The van der Waals surface area contributed by atoms with Crippen LogP contribution in [0.4, 0.5) is 5.69 Å². The highest BCUT2D eigenvalue weighted by molar-refractivity contribution is 6.00. The van der Waals surface area contributed by atoms with Crippen molar-refractivity contribution in [2.75, 3.05) is 18.6 Å². The lowest BCUT2D eigenvalue weighted by atomic mass is 9.77.